The van der Waals surface area contributed by atoms with Gasteiger partial charge in [0, 0.05) is 10.4 Å². The molecule has 0 aliphatic heterocycles. The maximum Gasteiger partial charge on any atom is 0.134 e. The van der Waals surface area contributed by atoms with Crippen LogP contribution in [0, 0.1) is 17.8 Å². The highest BCUT2D eigenvalue weighted by Gasteiger charge is 2.48. The van der Waals surface area contributed by atoms with Crippen molar-refractivity contribution in [1.82, 2.24) is 5.32 Å². The molecule has 2 nitrogen and oxygen atoms in total. The van der Waals surface area contributed by atoms with Crippen molar-refractivity contribution in [2.24, 2.45) is 17.8 Å². The maximum absolute atomic E-state index is 6.12. The molecule has 3 unspecified atom stereocenters. The van der Waals surface area contributed by atoms with Gasteiger partial charge in [0.25, 0.3) is 0 Å². The van der Waals surface area contributed by atoms with Gasteiger partial charge in [-0.2, -0.15) is 0 Å². The van der Waals surface area contributed by atoms with Gasteiger partial charge in [0.1, 0.15) is 11.3 Å². The van der Waals surface area contributed by atoms with Gasteiger partial charge in [-0.1, -0.05) is 18.5 Å². The fraction of sp³-hybridized carbons (Fsp3) is 0.556. The first-order chi connectivity index (χ1) is 10.2. The van der Waals surface area contributed by atoms with E-state index < -0.39 is 0 Å². The molecule has 2 aliphatic carbocycles. The van der Waals surface area contributed by atoms with Crippen LogP contribution in [0.2, 0.25) is 5.02 Å². The van der Waals surface area contributed by atoms with E-state index in [-0.39, 0.29) is 0 Å². The number of benzene rings is 1. The van der Waals surface area contributed by atoms with Crippen LogP contribution in [0.5, 0.6) is 0 Å². The third-order valence-corrected chi connectivity index (χ3v) is 5.40. The van der Waals surface area contributed by atoms with Crippen molar-refractivity contribution in [3.63, 3.8) is 0 Å². The molecule has 0 saturated heterocycles. The van der Waals surface area contributed by atoms with Gasteiger partial charge in [0.05, 0.1) is 6.04 Å². The molecule has 0 bridgehead atoms. The van der Waals surface area contributed by atoms with Crippen molar-refractivity contribution in [2.75, 3.05) is 6.54 Å². The summed E-state index contributed by atoms with van der Waals surface area (Å²) in [5, 5.41) is 5.61. The summed E-state index contributed by atoms with van der Waals surface area (Å²) >= 11 is 6.09. The molecule has 0 radical (unpaired) electrons. The van der Waals surface area contributed by atoms with E-state index >= 15 is 0 Å². The van der Waals surface area contributed by atoms with Gasteiger partial charge in [0.15, 0.2) is 0 Å². The summed E-state index contributed by atoms with van der Waals surface area (Å²) in [5.41, 5.74) is 0.945. The van der Waals surface area contributed by atoms with Gasteiger partial charge in [-0.15, -0.1) is 0 Å². The van der Waals surface area contributed by atoms with Crippen molar-refractivity contribution in [2.45, 2.75) is 38.6 Å². The van der Waals surface area contributed by atoms with Crippen LogP contribution in [-0.2, 0) is 0 Å². The lowest BCUT2D eigenvalue weighted by Crippen LogP contribution is -2.28. The summed E-state index contributed by atoms with van der Waals surface area (Å²) in [4.78, 5) is 0. The third kappa shape index (κ3) is 2.60. The largest absolute Gasteiger partial charge is 0.459 e. The molecule has 21 heavy (non-hydrogen) atoms. The number of halogens is 1. The molecular weight excluding hydrogens is 282 g/mol. The van der Waals surface area contributed by atoms with E-state index in [0.29, 0.717) is 6.04 Å². The Bertz CT molecular complexity index is 640. The molecule has 1 aromatic carbocycles. The molecule has 1 N–H and O–H groups in total. The van der Waals surface area contributed by atoms with Crippen LogP contribution in [-0.4, -0.2) is 6.54 Å². The van der Waals surface area contributed by atoms with Crippen LogP contribution < -0.4 is 5.32 Å². The van der Waals surface area contributed by atoms with E-state index in [1.54, 1.807) is 0 Å². The predicted molar refractivity (Wildman–Crippen MR) is 86.6 cm³/mol. The minimum absolute atomic E-state index is 0.365. The van der Waals surface area contributed by atoms with Crippen molar-refractivity contribution in [1.29, 1.82) is 0 Å². The fourth-order valence-corrected chi connectivity index (χ4v) is 4.20. The lowest BCUT2D eigenvalue weighted by molar-refractivity contribution is 0.301. The van der Waals surface area contributed by atoms with Gasteiger partial charge in [0.2, 0.25) is 0 Å². The van der Waals surface area contributed by atoms with Crippen LogP contribution in [0.1, 0.15) is 44.4 Å². The van der Waals surface area contributed by atoms with Gasteiger partial charge in [-0.3, -0.25) is 0 Å². The van der Waals surface area contributed by atoms with E-state index in [2.05, 4.69) is 18.3 Å². The van der Waals surface area contributed by atoms with Crippen molar-refractivity contribution >= 4 is 22.6 Å². The molecule has 1 heterocycles. The van der Waals surface area contributed by atoms with Crippen molar-refractivity contribution in [3.8, 4) is 0 Å². The zero-order chi connectivity index (χ0) is 14.4. The van der Waals surface area contributed by atoms with Crippen molar-refractivity contribution < 1.29 is 4.42 Å². The topological polar surface area (TPSA) is 25.2 Å². The number of furan rings is 1. The monoisotopic (exact) mass is 303 g/mol. The molecule has 3 heteroatoms. The minimum Gasteiger partial charge on any atom is -0.459 e. The second kappa shape index (κ2) is 5.33. The lowest BCUT2D eigenvalue weighted by Gasteiger charge is -2.24. The minimum atomic E-state index is 0.365. The number of nitrogens with one attached hydrogen (secondary N) is 1. The molecule has 4 rings (SSSR count). The molecule has 2 aromatic rings. The Kier molecular flexibility index (Phi) is 3.47. The number of hydrogen-bond acceptors (Lipinski definition) is 2. The van der Waals surface area contributed by atoms with E-state index in [1.807, 2.05) is 18.2 Å². The Balaban J connectivity index is 1.63. The highest BCUT2D eigenvalue weighted by molar-refractivity contribution is 6.31. The zero-order valence-electron chi connectivity index (χ0n) is 12.4. The molecule has 112 valence electrons. The first-order valence-electron chi connectivity index (χ1n) is 8.17. The first-order valence-corrected chi connectivity index (χ1v) is 8.54. The first kappa shape index (κ1) is 13.7. The van der Waals surface area contributed by atoms with Gasteiger partial charge in [-0.05, 0) is 74.2 Å². The average Bonchev–Trinajstić information content (AvgIpc) is 2.90. The quantitative estimate of drug-likeness (QED) is 0.824. The maximum atomic E-state index is 6.12. The van der Waals surface area contributed by atoms with Crippen LogP contribution in [0.15, 0.2) is 28.7 Å². The van der Waals surface area contributed by atoms with E-state index in [4.69, 9.17) is 16.0 Å². The van der Waals surface area contributed by atoms with Crippen LogP contribution in [0.4, 0.5) is 0 Å². The second-order valence-corrected chi connectivity index (χ2v) is 7.19. The molecular formula is C18H22ClNO. The standard InChI is InChI=1S/C18H22ClNO/c1-2-5-20-18(14-7-11-6-12(11)8-14)17-10-13-9-15(19)3-4-16(13)21-17/h3-4,9-12,14,18,20H,2,5-8H2,1H3. The van der Waals surface area contributed by atoms with E-state index in [1.165, 1.54) is 19.3 Å². The molecule has 0 spiro atoms. The predicted octanol–water partition coefficient (Wildman–Crippen LogP) is 5.17. The van der Waals surface area contributed by atoms with Crippen LogP contribution in [0.3, 0.4) is 0 Å². The highest BCUT2D eigenvalue weighted by Crippen LogP contribution is 2.57. The average molecular weight is 304 g/mol. The molecule has 2 fully saturated rings. The Labute approximate surface area is 130 Å². The Hall–Kier alpha value is -0.990. The smallest absolute Gasteiger partial charge is 0.134 e. The normalized spacial score (nSPS) is 28.8. The summed E-state index contributed by atoms with van der Waals surface area (Å²) in [5.74, 6) is 3.82. The Morgan fingerprint density at radius 3 is 2.81 bits per heavy atom. The summed E-state index contributed by atoms with van der Waals surface area (Å²) in [6.45, 7) is 3.27. The number of hydrogen-bond donors (Lipinski definition) is 1. The summed E-state index contributed by atoms with van der Waals surface area (Å²) < 4.78 is 6.12. The van der Waals surface area contributed by atoms with Crippen LogP contribution >= 0.6 is 11.6 Å². The second-order valence-electron chi connectivity index (χ2n) is 6.75. The summed E-state index contributed by atoms with van der Waals surface area (Å²) in [6.07, 6.45) is 5.35. The number of rotatable bonds is 5. The third-order valence-electron chi connectivity index (χ3n) is 5.17. The molecule has 2 aliphatic rings. The SMILES string of the molecule is CCCNC(c1cc2cc(Cl)ccc2o1)C1CC2CC2C1. The van der Waals surface area contributed by atoms with Gasteiger partial charge < -0.3 is 9.73 Å². The molecule has 2 saturated carbocycles. The molecule has 1 aromatic heterocycles. The highest BCUT2D eigenvalue weighted by atomic mass is 35.5. The summed E-state index contributed by atoms with van der Waals surface area (Å²) in [6, 6.07) is 8.41. The van der Waals surface area contributed by atoms with Gasteiger partial charge in [-0.25, -0.2) is 0 Å². The van der Waals surface area contributed by atoms with E-state index in [9.17, 15) is 0 Å². The van der Waals surface area contributed by atoms with E-state index in [0.717, 1.165) is 52.5 Å². The Morgan fingerprint density at radius 1 is 1.24 bits per heavy atom. The summed E-state index contributed by atoms with van der Waals surface area (Å²) in [7, 11) is 0. The lowest BCUT2D eigenvalue weighted by atomic mass is 9.92. The number of fused-ring (bicyclic) bond motifs is 2. The zero-order valence-corrected chi connectivity index (χ0v) is 13.2. The fourth-order valence-electron chi connectivity index (χ4n) is 4.02. The molecule has 3 atom stereocenters. The Morgan fingerprint density at radius 2 is 2.05 bits per heavy atom. The van der Waals surface area contributed by atoms with Gasteiger partial charge >= 0.3 is 0 Å². The molecule has 0 amide bonds. The van der Waals surface area contributed by atoms with Crippen molar-refractivity contribution in [3.05, 3.63) is 35.0 Å². The van der Waals surface area contributed by atoms with Crippen LogP contribution in [0.25, 0.3) is 11.0 Å².